The summed E-state index contributed by atoms with van der Waals surface area (Å²) in [4.78, 5) is 0. The van der Waals surface area contributed by atoms with Crippen molar-refractivity contribution in [2.75, 3.05) is 7.11 Å². The average molecular weight is 202 g/mol. The molecule has 1 N–H and O–H groups in total. The molecule has 0 aromatic carbocycles. The minimum absolute atomic E-state index is 0.152. The normalized spacial score (nSPS) is 44.4. The van der Waals surface area contributed by atoms with Crippen LogP contribution in [-0.4, -0.2) is 36.1 Å². The molecule has 14 heavy (non-hydrogen) atoms. The van der Waals surface area contributed by atoms with E-state index in [1.54, 1.807) is 7.11 Å². The summed E-state index contributed by atoms with van der Waals surface area (Å²) in [6, 6.07) is 0. The van der Waals surface area contributed by atoms with E-state index in [1.165, 1.54) is 0 Å². The zero-order chi connectivity index (χ0) is 10.9. The third kappa shape index (κ3) is 2.10. The summed E-state index contributed by atoms with van der Waals surface area (Å²) in [6.07, 6.45) is 0.245. The topological polar surface area (TPSA) is 38.7 Å². The predicted molar refractivity (Wildman–Crippen MR) is 55.2 cm³/mol. The fraction of sp³-hybridized carbons (Fsp3) is 1.00. The van der Waals surface area contributed by atoms with E-state index in [1.807, 2.05) is 13.8 Å². The Morgan fingerprint density at radius 3 is 2.50 bits per heavy atom. The van der Waals surface area contributed by atoms with Crippen LogP contribution >= 0.6 is 0 Å². The van der Waals surface area contributed by atoms with Crippen molar-refractivity contribution in [2.45, 2.75) is 58.0 Å². The Balaban J connectivity index is 2.76. The van der Waals surface area contributed by atoms with Gasteiger partial charge in [0.2, 0.25) is 0 Å². The van der Waals surface area contributed by atoms with Crippen molar-refractivity contribution in [3.63, 3.8) is 0 Å². The van der Waals surface area contributed by atoms with Crippen molar-refractivity contribution < 1.29 is 14.6 Å². The van der Waals surface area contributed by atoms with E-state index < -0.39 is 11.7 Å². The van der Waals surface area contributed by atoms with Crippen LogP contribution in [0.3, 0.4) is 0 Å². The largest absolute Gasteiger partial charge is 0.387 e. The molecule has 0 unspecified atom stereocenters. The third-order valence-electron chi connectivity index (χ3n) is 3.28. The number of aliphatic hydroxyl groups is 1. The summed E-state index contributed by atoms with van der Waals surface area (Å²) in [5, 5.41) is 9.95. The maximum absolute atomic E-state index is 9.95. The highest BCUT2D eigenvalue weighted by Gasteiger charge is 2.45. The Hall–Kier alpha value is -0.120. The smallest absolute Gasteiger partial charge is 0.109 e. The summed E-state index contributed by atoms with van der Waals surface area (Å²) in [6.45, 7) is 8.11. The van der Waals surface area contributed by atoms with Gasteiger partial charge < -0.3 is 14.6 Å². The molecular formula is C11H22O3. The van der Waals surface area contributed by atoms with Gasteiger partial charge in [0.05, 0.1) is 17.8 Å². The molecule has 3 heteroatoms. The van der Waals surface area contributed by atoms with E-state index in [0.717, 1.165) is 6.42 Å². The summed E-state index contributed by atoms with van der Waals surface area (Å²) in [7, 11) is 1.65. The summed E-state index contributed by atoms with van der Waals surface area (Å²) >= 11 is 0. The maximum atomic E-state index is 9.95. The number of hydrogen-bond acceptors (Lipinski definition) is 3. The van der Waals surface area contributed by atoms with Crippen molar-refractivity contribution >= 4 is 0 Å². The van der Waals surface area contributed by atoms with Crippen molar-refractivity contribution in [2.24, 2.45) is 5.92 Å². The molecule has 0 radical (unpaired) electrons. The van der Waals surface area contributed by atoms with Gasteiger partial charge in [0.25, 0.3) is 0 Å². The van der Waals surface area contributed by atoms with Gasteiger partial charge in [-0.3, -0.25) is 0 Å². The second-order valence-corrected chi connectivity index (χ2v) is 4.79. The molecule has 0 aliphatic carbocycles. The molecule has 1 saturated heterocycles. The lowest BCUT2D eigenvalue weighted by Crippen LogP contribution is -2.56. The molecule has 0 spiro atoms. The highest BCUT2D eigenvalue weighted by atomic mass is 16.5. The van der Waals surface area contributed by atoms with Crippen molar-refractivity contribution in [3.05, 3.63) is 0 Å². The number of methoxy groups -OCH3 is 1. The molecule has 0 amide bonds. The number of aliphatic hydroxyl groups excluding tert-OH is 1. The van der Waals surface area contributed by atoms with Gasteiger partial charge in [-0.25, -0.2) is 0 Å². The first-order chi connectivity index (χ1) is 6.40. The van der Waals surface area contributed by atoms with Gasteiger partial charge in [-0.15, -0.1) is 0 Å². The zero-order valence-corrected chi connectivity index (χ0v) is 9.78. The zero-order valence-electron chi connectivity index (χ0n) is 9.78. The van der Waals surface area contributed by atoms with Gasteiger partial charge in [-0.05, 0) is 19.8 Å². The molecule has 1 aliphatic heterocycles. The van der Waals surface area contributed by atoms with E-state index in [2.05, 4.69) is 13.8 Å². The van der Waals surface area contributed by atoms with Crippen molar-refractivity contribution in [3.8, 4) is 0 Å². The van der Waals surface area contributed by atoms with Crippen LogP contribution in [0.1, 0.15) is 34.1 Å². The standard InChI is InChI=1S/C11H22O3/c1-7(2)9-6-11(4,13-5)10(12)8(3)14-9/h7-10,12H,6H2,1-5H3/t8-,9+,10-,11+/m0/s1. The van der Waals surface area contributed by atoms with Crippen LogP contribution < -0.4 is 0 Å². The second kappa shape index (κ2) is 4.17. The lowest BCUT2D eigenvalue weighted by atomic mass is 9.83. The Morgan fingerprint density at radius 2 is 2.07 bits per heavy atom. The first kappa shape index (κ1) is 12.0. The van der Waals surface area contributed by atoms with Crippen molar-refractivity contribution in [1.29, 1.82) is 0 Å². The highest BCUT2D eigenvalue weighted by Crippen LogP contribution is 2.34. The van der Waals surface area contributed by atoms with E-state index >= 15 is 0 Å². The monoisotopic (exact) mass is 202 g/mol. The van der Waals surface area contributed by atoms with Crippen LogP contribution in [0.2, 0.25) is 0 Å². The lowest BCUT2D eigenvalue weighted by molar-refractivity contribution is -0.222. The SMILES string of the molecule is CO[C@]1(C)C[C@H](C(C)C)O[C@@H](C)[C@@H]1O. The van der Waals surface area contributed by atoms with Crippen LogP contribution in [0.25, 0.3) is 0 Å². The first-order valence-electron chi connectivity index (χ1n) is 5.29. The Bertz CT molecular complexity index is 193. The molecule has 84 valence electrons. The van der Waals surface area contributed by atoms with Gasteiger partial charge in [-0.2, -0.15) is 0 Å². The van der Waals surface area contributed by atoms with Crippen LogP contribution in [0.5, 0.6) is 0 Å². The number of rotatable bonds is 2. The molecule has 1 fully saturated rings. The summed E-state index contributed by atoms with van der Waals surface area (Å²) in [5.41, 5.74) is -0.466. The quantitative estimate of drug-likeness (QED) is 0.739. The van der Waals surface area contributed by atoms with E-state index in [9.17, 15) is 5.11 Å². The van der Waals surface area contributed by atoms with Gasteiger partial charge >= 0.3 is 0 Å². The first-order valence-corrected chi connectivity index (χ1v) is 5.29. The Morgan fingerprint density at radius 1 is 1.50 bits per heavy atom. The summed E-state index contributed by atoms with van der Waals surface area (Å²) in [5.74, 6) is 0.458. The van der Waals surface area contributed by atoms with Gasteiger partial charge in [-0.1, -0.05) is 13.8 Å². The van der Waals surface area contributed by atoms with Gasteiger partial charge in [0.1, 0.15) is 6.10 Å². The molecule has 0 aromatic rings. The van der Waals surface area contributed by atoms with Gasteiger partial charge in [0.15, 0.2) is 0 Å². The molecule has 0 bridgehead atoms. The Labute approximate surface area is 86.4 Å². The molecule has 0 aromatic heterocycles. The summed E-state index contributed by atoms with van der Waals surface area (Å²) < 4.78 is 11.1. The van der Waals surface area contributed by atoms with E-state index in [-0.39, 0.29) is 12.2 Å². The fourth-order valence-electron chi connectivity index (χ4n) is 2.01. The average Bonchev–Trinajstić information content (AvgIpc) is 2.13. The molecule has 4 atom stereocenters. The molecule has 1 aliphatic rings. The predicted octanol–water partition coefficient (Wildman–Crippen LogP) is 1.59. The lowest BCUT2D eigenvalue weighted by Gasteiger charge is -2.45. The second-order valence-electron chi connectivity index (χ2n) is 4.79. The molecule has 1 heterocycles. The van der Waals surface area contributed by atoms with E-state index in [4.69, 9.17) is 9.47 Å². The van der Waals surface area contributed by atoms with Crippen LogP contribution in [-0.2, 0) is 9.47 Å². The van der Waals surface area contributed by atoms with Gasteiger partial charge in [0, 0.05) is 13.5 Å². The molecule has 0 saturated carbocycles. The minimum Gasteiger partial charge on any atom is -0.387 e. The molecule has 3 nitrogen and oxygen atoms in total. The van der Waals surface area contributed by atoms with Crippen LogP contribution in [0.15, 0.2) is 0 Å². The van der Waals surface area contributed by atoms with Crippen molar-refractivity contribution in [1.82, 2.24) is 0 Å². The minimum atomic E-state index is -0.539. The molecule has 1 rings (SSSR count). The van der Waals surface area contributed by atoms with Crippen LogP contribution in [0, 0.1) is 5.92 Å². The number of ether oxygens (including phenoxy) is 2. The third-order valence-corrected chi connectivity index (χ3v) is 3.28. The highest BCUT2D eigenvalue weighted by molar-refractivity contribution is 4.95. The number of hydrogen-bond donors (Lipinski definition) is 1. The van der Waals surface area contributed by atoms with E-state index in [0.29, 0.717) is 5.92 Å². The fourth-order valence-corrected chi connectivity index (χ4v) is 2.01. The maximum Gasteiger partial charge on any atom is 0.109 e. The van der Waals surface area contributed by atoms with Crippen LogP contribution in [0.4, 0.5) is 0 Å². The Kier molecular flexibility index (Phi) is 3.56. The molecular weight excluding hydrogens is 180 g/mol.